The molecule has 0 amide bonds. The Morgan fingerprint density at radius 1 is 0.600 bits per heavy atom. The second-order valence-electron chi connectivity index (χ2n) is 11.6. The highest BCUT2D eigenvalue weighted by Gasteiger charge is 2.09. The summed E-state index contributed by atoms with van der Waals surface area (Å²) < 4.78 is 18.1. The molecule has 0 spiro atoms. The van der Waals surface area contributed by atoms with Gasteiger partial charge in [0.25, 0.3) is 0 Å². The third kappa shape index (κ3) is 28.2. The van der Waals surface area contributed by atoms with Gasteiger partial charge in [0, 0.05) is 20.3 Å². The highest BCUT2D eigenvalue weighted by atomic mass is 16.6. The first kappa shape index (κ1) is 34.8. The molecular formula is C30H64NO4+. The van der Waals surface area contributed by atoms with Gasteiger partial charge in [-0.1, -0.05) is 84.0 Å². The van der Waals surface area contributed by atoms with Crippen LogP contribution in [0.4, 0.5) is 0 Å². The Balaban J connectivity index is 3.34. The zero-order valence-corrected chi connectivity index (χ0v) is 24.5. The Hall–Kier alpha value is -0.200. The van der Waals surface area contributed by atoms with E-state index in [1.54, 1.807) is 7.11 Å². The summed E-state index contributed by atoms with van der Waals surface area (Å²) in [6, 6.07) is 0. The number of ether oxygens (including phenoxy) is 3. The minimum absolute atomic E-state index is 0.0448. The van der Waals surface area contributed by atoms with Crippen LogP contribution in [0.1, 0.15) is 122 Å². The molecule has 5 nitrogen and oxygen atoms in total. The Morgan fingerprint density at radius 3 is 1.49 bits per heavy atom. The van der Waals surface area contributed by atoms with Crippen LogP contribution in [0.15, 0.2) is 0 Å². The van der Waals surface area contributed by atoms with Crippen molar-refractivity contribution in [3.8, 4) is 0 Å². The zero-order valence-electron chi connectivity index (χ0n) is 24.5. The molecule has 0 radical (unpaired) electrons. The van der Waals surface area contributed by atoms with Gasteiger partial charge in [0.2, 0.25) is 0 Å². The first-order valence-electron chi connectivity index (χ1n) is 15.1. The number of unbranched alkanes of at least 4 members (excludes halogenated alkanes) is 13. The highest BCUT2D eigenvalue weighted by molar-refractivity contribution is 4.58. The smallest absolute Gasteiger partial charge is 0.104 e. The van der Waals surface area contributed by atoms with Gasteiger partial charge in [-0.15, -0.1) is 0 Å². The predicted octanol–water partition coefficient (Wildman–Crippen LogP) is 7.14. The van der Waals surface area contributed by atoms with Gasteiger partial charge in [0.1, 0.15) is 6.10 Å². The van der Waals surface area contributed by atoms with E-state index in [0.717, 1.165) is 43.4 Å². The summed E-state index contributed by atoms with van der Waals surface area (Å²) in [5, 5.41) is 10.0. The van der Waals surface area contributed by atoms with Crippen LogP contribution in [0.5, 0.6) is 0 Å². The maximum Gasteiger partial charge on any atom is 0.104 e. The van der Waals surface area contributed by atoms with Gasteiger partial charge < -0.3 is 23.8 Å². The molecule has 35 heavy (non-hydrogen) atoms. The molecule has 0 saturated heterocycles. The normalized spacial score (nSPS) is 13.9. The molecule has 1 N–H and O–H groups in total. The fraction of sp³-hybridized carbons (Fsp3) is 1.00. The van der Waals surface area contributed by atoms with Gasteiger partial charge in [0.15, 0.2) is 0 Å². The van der Waals surface area contributed by atoms with Crippen molar-refractivity contribution in [1.82, 2.24) is 0 Å². The van der Waals surface area contributed by atoms with Crippen LogP contribution in [0.2, 0.25) is 0 Å². The third-order valence-corrected chi connectivity index (χ3v) is 6.78. The van der Waals surface area contributed by atoms with Gasteiger partial charge in [-0.25, -0.2) is 0 Å². The fourth-order valence-electron chi connectivity index (χ4n) is 4.35. The van der Waals surface area contributed by atoms with Gasteiger partial charge in [0.05, 0.1) is 47.0 Å². The molecule has 0 aromatic rings. The highest BCUT2D eigenvalue weighted by Crippen LogP contribution is 2.14. The fourth-order valence-corrected chi connectivity index (χ4v) is 4.35. The molecule has 5 heteroatoms. The van der Waals surface area contributed by atoms with Crippen molar-refractivity contribution in [2.75, 3.05) is 61.2 Å². The van der Waals surface area contributed by atoms with Gasteiger partial charge in [-0.2, -0.15) is 0 Å². The molecule has 0 fully saturated rings. The van der Waals surface area contributed by atoms with E-state index in [9.17, 15) is 5.11 Å². The third-order valence-electron chi connectivity index (χ3n) is 6.78. The van der Waals surface area contributed by atoms with E-state index in [0.29, 0.717) is 13.2 Å². The van der Waals surface area contributed by atoms with Gasteiger partial charge in [-0.05, 0) is 38.5 Å². The summed E-state index contributed by atoms with van der Waals surface area (Å²) >= 11 is 0. The lowest BCUT2D eigenvalue weighted by Crippen LogP contribution is -2.35. The first-order chi connectivity index (χ1) is 16.9. The van der Waals surface area contributed by atoms with Crippen molar-refractivity contribution in [2.24, 2.45) is 0 Å². The largest absolute Gasteiger partial charge is 0.393 e. The molecular weight excluding hydrogens is 438 g/mol. The lowest BCUT2D eigenvalue weighted by Gasteiger charge is -2.23. The van der Waals surface area contributed by atoms with Crippen molar-refractivity contribution < 1.29 is 23.8 Å². The molecule has 2 unspecified atom stereocenters. The van der Waals surface area contributed by atoms with Crippen LogP contribution in [0.25, 0.3) is 0 Å². The molecule has 0 aliphatic heterocycles. The van der Waals surface area contributed by atoms with E-state index in [2.05, 4.69) is 28.1 Å². The van der Waals surface area contributed by atoms with Crippen LogP contribution >= 0.6 is 0 Å². The SMILES string of the molecule is CCCCCCC(O)CCCCCCCCCCCOCC(COCCCCC[N+](C)(C)C)OC. The van der Waals surface area contributed by atoms with Crippen molar-refractivity contribution in [1.29, 1.82) is 0 Å². The van der Waals surface area contributed by atoms with E-state index >= 15 is 0 Å². The number of nitrogens with zero attached hydrogens (tertiary/aromatic N) is 1. The van der Waals surface area contributed by atoms with Crippen molar-refractivity contribution in [3.05, 3.63) is 0 Å². The summed E-state index contributed by atoms with van der Waals surface area (Å²) in [6.07, 6.45) is 22.2. The Morgan fingerprint density at radius 2 is 1.03 bits per heavy atom. The minimum Gasteiger partial charge on any atom is -0.393 e. The van der Waals surface area contributed by atoms with E-state index < -0.39 is 0 Å². The van der Waals surface area contributed by atoms with Crippen LogP contribution in [-0.4, -0.2) is 83.0 Å². The number of aliphatic hydroxyl groups excluding tert-OH is 1. The maximum absolute atomic E-state index is 10.0. The molecule has 212 valence electrons. The minimum atomic E-state index is -0.0615. The number of rotatable bonds is 28. The van der Waals surface area contributed by atoms with Crippen LogP contribution < -0.4 is 0 Å². The average Bonchev–Trinajstić information content (AvgIpc) is 2.82. The van der Waals surface area contributed by atoms with E-state index in [4.69, 9.17) is 14.2 Å². The summed E-state index contributed by atoms with van der Waals surface area (Å²) in [5.74, 6) is 0. The Bertz CT molecular complexity index is 414. The number of methoxy groups -OCH3 is 1. The van der Waals surface area contributed by atoms with E-state index in [-0.39, 0.29) is 12.2 Å². The van der Waals surface area contributed by atoms with Crippen molar-refractivity contribution in [2.45, 2.75) is 135 Å². The molecule has 0 rings (SSSR count). The van der Waals surface area contributed by atoms with Gasteiger partial charge >= 0.3 is 0 Å². The van der Waals surface area contributed by atoms with E-state index in [1.165, 1.54) is 96.4 Å². The molecule has 0 aliphatic rings. The summed E-state index contributed by atoms with van der Waals surface area (Å²) in [7, 11) is 8.48. The summed E-state index contributed by atoms with van der Waals surface area (Å²) in [4.78, 5) is 0. The molecule has 0 saturated carbocycles. The molecule has 0 aromatic carbocycles. The monoisotopic (exact) mass is 502 g/mol. The molecule has 0 aromatic heterocycles. The number of aliphatic hydroxyl groups is 1. The van der Waals surface area contributed by atoms with Gasteiger partial charge in [-0.3, -0.25) is 0 Å². The Labute approximate surface area is 219 Å². The predicted molar refractivity (Wildman–Crippen MR) is 150 cm³/mol. The summed E-state index contributed by atoms with van der Waals surface area (Å²) in [6.45, 7) is 6.36. The number of quaternary nitrogens is 1. The second kappa shape index (κ2) is 25.4. The molecule has 0 bridgehead atoms. The molecule has 2 atom stereocenters. The second-order valence-corrected chi connectivity index (χ2v) is 11.6. The first-order valence-corrected chi connectivity index (χ1v) is 15.1. The zero-order chi connectivity index (χ0) is 26.0. The lowest BCUT2D eigenvalue weighted by molar-refractivity contribution is -0.870. The van der Waals surface area contributed by atoms with Crippen LogP contribution in [0, 0.1) is 0 Å². The van der Waals surface area contributed by atoms with Crippen LogP contribution in [-0.2, 0) is 14.2 Å². The lowest BCUT2D eigenvalue weighted by atomic mass is 10.0. The quantitative estimate of drug-likeness (QED) is 0.0912. The standard InChI is InChI=1S/C30H64NO4/c1-6-7-8-17-22-29(32)23-18-14-12-10-9-11-13-15-20-25-34-27-30(33-5)28-35-26-21-16-19-24-31(2,3)4/h29-30,32H,6-28H2,1-5H3/q+1. The molecule has 0 aliphatic carbocycles. The number of hydrogen-bond donors (Lipinski definition) is 1. The van der Waals surface area contributed by atoms with Crippen molar-refractivity contribution in [3.63, 3.8) is 0 Å². The number of hydrogen-bond acceptors (Lipinski definition) is 4. The van der Waals surface area contributed by atoms with E-state index in [1.807, 2.05) is 0 Å². The topological polar surface area (TPSA) is 47.9 Å². The van der Waals surface area contributed by atoms with Crippen LogP contribution in [0.3, 0.4) is 0 Å². The summed E-state index contributed by atoms with van der Waals surface area (Å²) in [5.41, 5.74) is 0. The maximum atomic E-state index is 10.0. The Kier molecular flexibility index (Phi) is 25.3. The molecule has 0 heterocycles. The van der Waals surface area contributed by atoms with Crippen molar-refractivity contribution >= 4 is 0 Å². The average molecular weight is 503 g/mol.